The summed E-state index contributed by atoms with van der Waals surface area (Å²) in [5.74, 6) is -0.572. The maximum Gasteiger partial charge on any atom is 0.348 e. The lowest BCUT2D eigenvalue weighted by Crippen LogP contribution is -2.14. The van der Waals surface area contributed by atoms with Crippen molar-refractivity contribution < 1.29 is 19.1 Å². The number of aromatic nitrogens is 3. The van der Waals surface area contributed by atoms with Gasteiger partial charge < -0.3 is 15.1 Å². The number of halogens is 1. The van der Waals surface area contributed by atoms with E-state index in [9.17, 15) is 9.36 Å². The van der Waals surface area contributed by atoms with Gasteiger partial charge in [0.1, 0.15) is 0 Å². The number of aryl methyl sites for hydroxylation is 1. The number of carbonyl (C=O) groups excluding carboxylic acids is 1. The van der Waals surface area contributed by atoms with Crippen molar-refractivity contribution in [3.63, 3.8) is 0 Å². The third kappa shape index (κ3) is 4.37. The first-order valence-electron chi connectivity index (χ1n) is 5.77. The summed E-state index contributed by atoms with van der Waals surface area (Å²) in [6, 6.07) is 5.13. The van der Waals surface area contributed by atoms with Gasteiger partial charge in [-0.05, 0) is 24.6 Å². The highest BCUT2D eigenvalue weighted by atomic mass is 35.5. The zero-order valence-corrected chi connectivity index (χ0v) is 12.5. The number of hydrogen-bond donors (Lipinski definition) is 3. The third-order valence-corrected chi connectivity index (χ3v) is 3.39. The number of nitrogens with one attached hydrogen (secondary N) is 1. The smallest absolute Gasteiger partial charge is 0.323 e. The maximum absolute atomic E-state index is 12.0. The molecule has 1 aromatic carbocycles. The molecule has 8 nitrogen and oxygen atoms in total. The molecule has 1 amide bonds. The normalized spacial score (nSPS) is 11.4. The molecule has 2 aromatic rings. The van der Waals surface area contributed by atoms with E-state index in [1.165, 1.54) is 0 Å². The molecule has 0 saturated carbocycles. The second-order valence-electron chi connectivity index (χ2n) is 4.35. The van der Waals surface area contributed by atoms with Crippen LogP contribution in [-0.2, 0) is 10.9 Å². The first kappa shape index (κ1) is 15.7. The molecule has 0 spiro atoms. The largest absolute Gasteiger partial charge is 0.348 e. The molecule has 0 atom stereocenters. The van der Waals surface area contributed by atoms with Crippen molar-refractivity contribution in [3.8, 4) is 0 Å². The fraction of sp³-hybridized carbons (Fsp3) is 0.182. The molecule has 0 aliphatic rings. The molecule has 1 heterocycles. The van der Waals surface area contributed by atoms with Crippen molar-refractivity contribution >= 4 is 30.8 Å². The van der Waals surface area contributed by atoms with Gasteiger partial charge in [0.25, 0.3) is 5.91 Å². The van der Waals surface area contributed by atoms with Crippen molar-refractivity contribution in [2.75, 3.05) is 5.32 Å². The Hall–Kier alpha value is -1.73. The van der Waals surface area contributed by atoms with Crippen LogP contribution in [0.3, 0.4) is 0 Å². The summed E-state index contributed by atoms with van der Waals surface area (Å²) >= 11 is 5.99. The van der Waals surface area contributed by atoms with E-state index in [2.05, 4.69) is 15.5 Å². The van der Waals surface area contributed by atoms with Crippen LogP contribution in [0, 0.1) is 6.92 Å². The van der Waals surface area contributed by atoms with Gasteiger partial charge in [0, 0.05) is 0 Å². The Labute approximate surface area is 124 Å². The SMILES string of the molecule is Cc1ccc(NC(=O)c2cnn(CP(=O)(O)O)n2)c(Cl)c1. The van der Waals surface area contributed by atoms with E-state index < -0.39 is 19.8 Å². The molecule has 0 aliphatic heterocycles. The lowest BCUT2D eigenvalue weighted by atomic mass is 10.2. The molecule has 10 heteroatoms. The number of carbonyl (C=O) groups is 1. The van der Waals surface area contributed by atoms with Gasteiger partial charge in [0.05, 0.1) is 16.9 Å². The Morgan fingerprint density at radius 3 is 2.81 bits per heavy atom. The molecule has 0 fully saturated rings. The summed E-state index contributed by atoms with van der Waals surface area (Å²) in [6.45, 7) is 1.87. The van der Waals surface area contributed by atoms with Gasteiger partial charge in [0.15, 0.2) is 12.0 Å². The van der Waals surface area contributed by atoms with Crippen molar-refractivity contribution in [2.45, 2.75) is 13.2 Å². The lowest BCUT2D eigenvalue weighted by molar-refractivity contribution is 0.102. The average molecular weight is 331 g/mol. The summed E-state index contributed by atoms with van der Waals surface area (Å²) in [7, 11) is -4.30. The number of benzene rings is 1. The fourth-order valence-electron chi connectivity index (χ4n) is 1.54. The van der Waals surface area contributed by atoms with E-state index in [0.29, 0.717) is 10.7 Å². The van der Waals surface area contributed by atoms with Crippen LogP contribution >= 0.6 is 19.2 Å². The Balaban J connectivity index is 2.12. The molecule has 0 radical (unpaired) electrons. The van der Waals surface area contributed by atoms with Crippen molar-refractivity contribution in [1.29, 1.82) is 0 Å². The van der Waals surface area contributed by atoms with Crippen LogP contribution in [0.4, 0.5) is 5.69 Å². The van der Waals surface area contributed by atoms with E-state index in [1.54, 1.807) is 18.2 Å². The van der Waals surface area contributed by atoms with Crippen molar-refractivity contribution in [1.82, 2.24) is 15.0 Å². The minimum absolute atomic E-state index is 0.0694. The molecular formula is C11H12ClN4O4P. The fourth-order valence-corrected chi connectivity index (χ4v) is 2.29. The molecule has 21 heavy (non-hydrogen) atoms. The molecule has 0 bridgehead atoms. The summed E-state index contributed by atoms with van der Waals surface area (Å²) in [4.78, 5) is 30.3. The van der Waals surface area contributed by atoms with Crippen LogP contribution < -0.4 is 5.32 Å². The van der Waals surface area contributed by atoms with Crippen molar-refractivity contribution in [3.05, 3.63) is 40.7 Å². The minimum atomic E-state index is -4.30. The van der Waals surface area contributed by atoms with Gasteiger partial charge in [-0.15, -0.1) is 5.10 Å². The highest BCUT2D eigenvalue weighted by Gasteiger charge is 2.18. The Morgan fingerprint density at radius 1 is 1.48 bits per heavy atom. The molecule has 0 unspecified atom stereocenters. The van der Waals surface area contributed by atoms with Gasteiger partial charge >= 0.3 is 7.60 Å². The highest BCUT2D eigenvalue weighted by Crippen LogP contribution is 2.35. The van der Waals surface area contributed by atoms with E-state index in [0.717, 1.165) is 16.6 Å². The second kappa shape index (κ2) is 5.95. The van der Waals surface area contributed by atoms with E-state index in [-0.39, 0.29) is 5.69 Å². The minimum Gasteiger partial charge on any atom is -0.323 e. The van der Waals surface area contributed by atoms with Gasteiger partial charge in [-0.25, -0.2) is 0 Å². The predicted molar refractivity (Wildman–Crippen MR) is 76.2 cm³/mol. The van der Waals surface area contributed by atoms with Crippen LogP contribution in [0.1, 0.15) is 16.1 Å². The van der Waals surface area contributed by atoms with Crippen LogP contribution in [0.25, 0.3) is 0 Å². The van der Waals surface area contributed by atoms with Gasteiger partial charge in [-0.1, -0.05) is 17.7 Å². The molecule has 0 aliphatic carbocycles. The molecule has 3 N–H and O–H groups in total. The zero-order chi connectivity index (χ0) is 15.6. The van der Waals surface area contributed by atoms with Crippen LogP contribution in [0.5, 0.6) is 0 Å². The first-order chi connectivity index (χ1) is 9.74. The number of anilines is 1. The Bertz CT molecular complexity index is 727. The molecule has 112 valence electrons. The standard InChI is InChI=1S/C11H12ClN4O4P/c1-7-2-3-9(8(12)4-7)14-11(17)10-5-13-16(15-10)6-21(18,19)20/h2-5H,6H2,1H3,(H,14,17)(H2,18,19,20). The first-order valence-corrected chi connectivity index (χ1v) is 7.94. The molecule has 0 saturated heterocycles. The summed E-state index contributed by atoms with van der Waals surface area (Å²) in [6.07, 6.45) is 0.429. The van der Waals surface area contributed by atoms with Crippen molar-refractivity contribution in [2.24, 2.45) is 0 Å². The molecule has 2 rings (SSSR count). The van der Waals surface area contributed by atoms with E-state index in [1.807, 2.05) is 6.92 Å². The number of rotatable bonds is 4. The third-order valence-electron chi connectivity index (χ3n) is 2.45. The monoisotopic (exact) mass is 330 g/mol. The van der Waals surface area contributed by atoms with Crippen LogP contribution in [0.2, 0.25) is 5.02 Å². The van der Waals surface area contributed by atoms with E-state index >= 15 is 0 Å². The molecule has 1 aromatic heterocycles. The zero-order valence-electron chi connectivity index (χ0n) is 10.9. The van der Waals surface area contributed by atoms with Crippen LogP contribution in [0.15, 0.2) is 24.4 Å². The summed E-state index contributed by atoms with van der Waals surface area (Å²) in [5.41, 5.74) is 1.29. The number of nitrogens with zero attached hydrogens (tertiary/aromatic N) is 3. The van der Waals surface area contributed by atoms with Gasteiger partial charge in [-0.2, -0.15) is 9.90 Å². The topological polar surface area (TPSA) is 117 Å². The summed E-state index contributed by atoms with van der Waals surface area (Å²) in [5, 5.41) is 10.2. The quantitative estimate of drug-likeness (QED) is 0.733. The number of hydrogen-bond acceptors (Lipinski definition) is 4. The Kier molecular flexibility index (Phi) is 4.43. The second-order valence-corrected chi connectivity index (χ2v) is 6.37. The van der Waals surface area contributed by atoms with E-state index in [4.69, 9.17) is 21.4 Å². The van der Waals surface area contributed by atoms with Gasteiger partial charge in [-0.3, -0.25) is 9.36 Å². The van der Waals surface area contributed by atoms with Gasteiger partial charge in [0.2, 0.25) is 0 Å². The average Bonchev–Trinajstić information content (AvgIpc) is 2.78. The maximum atomic E-state index is 12.0. The lowest BCUT2D eigenvalue weighted by Gasteiger charge is -2.06. The van der Waals surface area contributed by atoms with Crippen LogP contribution in [-0.4, -0.2) is 30.7 Å². The summed E-state index contributed by atoms with van der Waals surface area (Å²) < 4.78 is 10.8. The predicted octanol–water partition coefficient (Wildman–Crippen LogP) is 1.63. The number of amides is 1. The Morgan fingerprint density at radius 2 is 2.19 bits per heavy atom. The highest BCUT2D eigenvalue weighted by molar-refractivity contribution is 7.50. The molecular weight excluding hydrogens is 319 g/mol.